The van der Waals surface area contributed by atoms with Gasteiger partial charge in [-0.3, -0.25) is 13.7 Å². The van der Waals surface area contributed by atoms with Crippen molar-refractivity contribution in [1.82, 2.24) is 0 Å². The van der Waals surface area contributed by atoms with Crippen LogP contribution in [0.25, 0.3) is 4.98 Å². The molecule has 0 aliphatic heterocycles. The minimum Gasteiger partial charge on any atom is -1.00 e. The summed E-state index contributed by atoms with van der Waals surface area (Å²) in [7, 11) is -15.7. The Kier molecular flexibility index (Phi) is 6.74. The first-order valence-corrected chi connectivity index (χ1v) is 9.58. The summed E-state index contributed by atoms with van der Waals surface area (Å²) < 4.78 is 99.7. The highest BCUT2D eigenvalue weighted by Gasteiger charge is 2.46. The molecule has 0 aliphatic carbocycles. The van der Waals surface area contributed by atoms with Gasteiger partial charge in [-0.15, -0.1) is 0 Å². The van der Waals surface area contributed by atoms with E-state index in [0.29, 0.717) is 0 Å². The molecular weight excluding hydrogens is 484 g/mol. The molecule has 0 fully saturated rings. The van der Waals surface area contributed by atoms with Crippen LogP contribution < -0.4 is 21.7 Å². The summed E-state index contributed by atoms with van der Waals surface area (Å²) >= 11 is 5.51. The highest BCUT2D eigenvalue weighted by molar-refractivity contribution is 7.89. The number of methoxy groups -OCH3 is 1. The van der Waals surface area contributed by atoms with Crippen molar-refractivity contribution in [2.45, 2.75) is 14.7 Å². The molecule has 0 unspecified atom stereocenters. The molecule has 17 heteroatoms. The number of diazo groups is 1. The molecule has 0 atom stereocenters. The summed E-state index contributed by atoms with van der Waals surface area (Å²) in [5.41, 5.74) is -1.64. The van der Waals surface area contributed by atoms with Crippen molar-refractivity contribution in [3.63, 3.8) is 0 Å². The topological polar surface area (TPSA) is 200 Å². The molecule has 0 aliphatic rings. The molecular formula is C7H6BrClN2O10S3. The second-order valence-corrected chi connectivity index (χ2v) is 8.16. The second kappa shape index (κ2) is 7.05. The summed E-state index contributed by atoms with van der Waals surface area (Å²) in [5, 5.41) is 7.52. The van der Waals surface area contributed by atoms with Crippen LogP contribution >= 0.6 is 11.6 Å². The number of ether oxygens (including phenoxy) is 1. The van der Waals surface area contributed by atoms with Gasteiger partial charge in [0.25, 0.3) is 10.1 Å². The first-order valence-electron chi connectivity index (χ1n) is 4.89. The van der Waals surface area contributed by atoms with Gasteiger partial charge in [0.1, 0.15) is 9.92 Å². The number of halogens is 2. The third kappa shape index (κ3) is 4.12. The molecule has 0 heterocycles. The predicted octanol–water partition coefficient (Wildman–Crippen LogP) is -2.42. The normalized spacial score (nSPS) is 12.2. The van der Waals surface area contributed by atoms with Gasteiger partial charge in [0.2, 0.25) is 15.2 Å². The number of nitrogens with zero attached hydrogens (tertiary/aromatic N) is 2. The molecule has 0 radical (unpaired) electrons. The maximum atomic E-state index is 11.3. The second-order valence-electron chi connectivity index (χ2n) is 3.71. The quantitative estimate of drug-likeness (QED) is 0.300. The van der Waals surface area contributed by atoms with E-state index in [9.17, 15) is 25.3 Å². The van der Waals surface area contributed by atoms with Crippen molar-refractivity contribution in [3.05, 3.63) is 10.00 Å². The SMILES string of the molecule is COc1c(Cl)c(S(=O)(=O)O)c(S(=O)(=O)O)c([N+]#N)c1S(=O)(=O)O.[Br-]. The van der Waals surface area contributed by atoms with Crippen LogP contribution in [0.15, 0.2) is 14.7 Å². The third-order valence-electron chi connectivity index (χ3n) is 2.32. The van der Waals surface area contributed by atoms with Gasteiger partial charge in [-0.25, -0.2) is 0 Å². The van der Waals surface area contributed by atoms with E-state index in [1.54, 1.807) is 0 Å². The Morgan fingerprint density at radius 3 is 1.54 bits per heavy atom. The Balaban J connectivity index is 0.00000529. The molecule has 24 heavy (non-hydrogen) atoms. The largest absolute Gasteiger partial charge is 1.00 e. The minimum atomic E-state index is -5.60. The average molecular weight is 490 g/mol. The van der Waals surface area contributed by atoms with Crippen molar-refractivity contribution in [1.29, 1.82) is 5.39 Å². The predicted molar refractivity (Wildman–Crippen MR) is 72.2 cm³/mol. The Bertz CT molecular complexity index is 1040. The molecule has 0 bridgehead atoms. The maximum Gasteiger partial charge on any atom is 0.432 e. The molecule has 1 aromatic carbocycles. The zero-order valence-electron chi connectivity index (χ0n) is 11.1. The van der Waals surface area contributed by atoms with Gasteiger partial charge in [-0.2, -0.15) is 25.3 Å². The van der Waals surface area contributed by atoms with Crippen LogP contribution in [-0.4, -0.2) is 46.0 Å². The lowest BCUT2D eigenvalue weighted by Crippen LogP contribution is -3.00. The first kappa shape index (κ1) is 22.9. The number of hydrogen-bond donors (Lipinski definition) is 3. The van der Waals surface area contributed by atoms with Gasteiger partial charge < -0.3 is 21.7 Å². The van der Waals surface area contributed by atoms with Gasteiger partial charge in [0, 0.05) is 0 Å². The van der Waals surface area contributed by atoms with Crippen LogP contribution in [0, 0.1) is 5.39 Å². The molecule has 3 N–H and O–H groups in total. The van der Waals surface area contributed by atoms with Gasteiger partial charge in [0.05, 0.1) is 7.11 Å². The van der Waals surface area contributed by atoms with Crippen molar-refractivity contribution >= 4 is 47.6 Å². The molecule has 0 aromatic heterocycles. The monoisotopic (exact) mass is 488 g/mol. The van der Waals surface area contributed by atoms with E-state index in [-0.39, 0.29) is 17.0 Å². The maximum absolute atomic E-state index is 11.3. The molecule has 0 saturated heterocycles. The average Bonchev–Trinajstić information content (AvgIpc) is 2.33. The minimum absolute atomic E-state index is 0. The zero-order chi connectivity index (χ0) is 18.4. The molecule has 0 amide bonds. The fourth-order valence-corrected chi connectivity index (χ4v) is 5.15. The molecule has 0 saturated carbocycles. The molecule has 1 rings (SSSR count). The highest BCUT2D eigenvalue weighted by atomic mass is 79.9. The number of benzene rings is 1. The lowest BCUT2D eigenvalue weighted by atomic mass is 10.3. The Labute approximate surface area is 151 Å². The van der Waals surface area contributed by atoms with Gasteiger partial charge in [0.15, 0.2) is 10.7 Å². The van der Waals surface area contributed by atoms with Gasteiger partial charge in [-0.1, -0.05) is 11.6 Å². The lowest BCUT2D eigenvalue weighted by molar-refractivity contribution is -0.0000175. The smallest absolute Gasteiger partial charge is 0.432 e. The van der Waals surface area contributed by atoms with Crippen molar-refractivity contribution in [2.24, 2.45) is 0 Å². The first-order chi connectivity index (χ1) is 10.2. The van der Waals surface area contributed by atoms with Crippen LogP contribution in [0.4, 0.5) is 5.69 Å². The van der Waals surface area contributed by atoms with Crippen LogP contribution in [-0.2, 0) is 30.4 Å². The van der Waals surface area contributed by atoms with Crippen LogP contribution in [0.3, 0.4) is 0 Å². The summed E-state index contributed by atoms with van der Waals surface area (Å²) in [4.78, 5) is -2.90. The van der Waals surface area contributed by atoms with Crippen molar-refractivity contribution < 1.29 is 60.6 Å². The number of hydrogen-bond acceptors (Lipinski definition) is 8. The Morgan fingerprint density at radius 2 is 1.29 bits per heavy atom. The van der Waals surface area contributed by atoms with E-state index in [0.717, 1.165) is 7.11 Å². The molecule has 12 nitrogen and oxygen atoms in total. The van der Waals surface area contributed by atoms with Crippen molar-refractivity contribution in [2.75, 3.05) is 7.11 Å². The van der Waals surface area contributed by atoms with Crippen molar-refractivity contribution in [3.8, 4) is 5.75 Å². The highest BCUT2D eigenvalue weighted by Crippen LogP contribution is 2.48. The summed E-state index contributed by atoms with van der Waals surface area (Å²) in [6.07, 6.45) is 0. The van der Waals surface area contributed by atoms with E-state index in [1.807, 2.05) is 0 Å². The van der Waals surface area contributed by atoms with Gasteiger partial charge in [-0.05, 0) is 0 Å². The van der Waals surface area contributed by atoms with E-state index >= 15 is 0 Å². The summed E-state index contributed by atoms with van der Waals surface area (Å²) in [5.74, 6) is -1.15. The standard InChI is InChI=1S/C7H5ClN2O10S3.BrH/c1-20-4-2(8)5(21(11,12)13)7(23(17,18)19)3(10-9)6(4)22(14,15)16;/h1H3,(H2-,11,12,13,14,15,16,17,18,19);1H. The van der Waals surface area contributed by atoms with E-state index in [2.05, 4.69) is 9.71 Å². The molecule has 136 valence electrons. The number of rotatable bonds is 4. The van der Waals surface area contributed by atoms with Crippen LogP contribution in [0.2, 0.25) is 5.02 Å². The fraction of sp³-hybridized carbons (Fsp3) is 0.143. The summed E-state index contributed by atoms with van der Waals surface area (Å²) in [6, 6.07) is 0. The zero-order valence-corrected chi connectivity index (χ0v) is 15.9. The van der Waals surface area contributed by atoms with E-state index < -0.39 is 61.5 Å². The molecule has 0 spiro atoms. The van der Waals surface area contributed by atoms with E-state index in [1.165, 1.54) is 0 Å². The Hall–Kier alpha value is -1.06. The summed E-state index contributed by atoms with van der Waals surface area (Å²) in [6.45, 7) is 0. The fourth-order valence-electron chi connectivity index (χ4n) is 1.60. The van der Waals surface area contributed by atoms with E-state index in [4.69, 9.17) is 30.7 Å². The lowest BCUT2D eigenvalue weighted by Gasteiger charge is -2.11. The van der Waals surface area contributed by atoms with Crippen LogP contribution in [0.1, 0.15) is 0 Å². The molecule has 1 aromatic rings. The third-order valence-corrected chi connectivity index (χ3v) is 5.65. The van der Waals surface area contributed by atoms with Gasteiger partial charge >= 0.3 is 25.9 Å². The van der Waals surface area contributed by atoms with Crippen LogP contribution in [0.5, 0.6) is 5.75 Å². The Morgan fingerprint density at radius 1 is 0.917 bits per heavy atom.